The van der Waals surface area contributed by atoms with Crippen molar-refractivity contribution in [1.29, 1.82) is 0 Å². The van der Waals surface area contributed by atoms with Crippen LogP contribution < -0.4 is 31.4 Å². The molecule has 0 aliphatic carbocycles. The van der Waals surface area contributed by atoms with Gasteiger partial charge in [0.05, 0.1) is 38.9 Å². The topological polar surface area (TPSA) is 208 Å². The third kappa shape index (κ3) is 11.6. The van der Waals surface area contributed by atoms with Gasteiger partial charge in [-0.05, 0) is 0 Å². The van der Waals surface area contributed by atoms with Gasteiger partial charge in [-0.15, -0.1) is 0 Å². The van der Waals surface area contributed by atoms with Crippen LogP contribution >= 0.6 is 0 Å². The fourth-order valence-corrected chi connectivity index (χ4v) is 2.30. The van der Waals surface area contributed by atoms with E-state index < -0.39 is 17.9 Å². The van der Waals surface area contributed by atoms with E-state index in [0.717, 1.165) is 0 Å². The molecule has 0 heterocycles. The maximum Gasteiger partial charge on any atom is 0.311 e. The molecule has 0 unspecified atom stereocenters. The molecule has 6 N–H and O–H groups in total. The van der Waals surface area contributed by atoms with Crippen molar-refractivity contribution in [3.05, 3.63) is 18.2 Å². The number of esters is 3. The molecule has 0 radical (unpaired) electrons. The average molecular weight is 465 g/mol. The van der Waals surface area contributed by atoms with Crippen LogP contribution in [0.15, 0.2) is 18.2 Å². The largest absolute Gasteiger partial charge is 0.426 e. The molecule has 1 rings (SSSR count). The second-order valence-corrected chi connectivity index (χ2v) is 6.79. The first-order valence-electron chi connectivity index (χ1n) is 10.1. The van der Waals surface area contributed by atoms with Crippen LogP contribution in [0.3, 0.4) is 0 Å². The van der Waals surface area contributed by atoms with Gasteiger partial charge >= 0.3 is 17.9 Å². The molecule has 1 aromatic rings. The van der Waals surface area contributed by atoms with Gasteiger partial charge < -0.3 is 31.4 Å². The van der Waals surface area contributed by atoms with Crippen molar-refractivity contribution in [2.45, 2.75) is 38.5 Å². The van der Waals surface area contributed by atoms with Crippen LogP contribution in [0.4, 0.5) is 0 Å². The van der Waals surface area contributed by atoms with E-state index in [4.69, 9.17) is 31.4 Å². The van der Waals surface area contributed by atoms with Crippen molar-refractivity contribution >= 4 is 35.3 Å². The summed E-state index contributed by atoms with van der Waals surface area (Å²) in [4.78, 5) is 69.8. The van der Waals surface area contributed by atoms with E-state index in [1.807, 2.05) is 0 Å². The molecule has 0 spiro atoms. The number of rotatable bonds is 15. The standard InChI is InChI=1S/C21H27N3O9/c22-10-13(25)1-4-19(28)31-16-7-17(32-20(29)5-2-14(26)11-23)9-18(8-16)33-21(30)6-3-15(27)12-24/h7-9H,1-6,10-12,22-24H2. The molecular weight excluding hydrogens is 438 g/mol. The van der Waals surface area contributed by atoms with Crippen molar-refractivity contribution in [3.8, 4) is 17.2 Å². The van der Waals surface area contributed by atoms with Gasteiger partial charge in [-0.2, -0.15) is 0 Å². The quantitative estimate of drug-likeness (QED) is 0.217. The number of carbonyl (C=O) groups excluding carboxylic acids is 6. The number of hydrogen-bond donors (Lipinski definition) is 3. The van der Waals surface area contributed by atoms with Gasteiger partial charge in [0.2, 0.25) is 0 Å². The molecular formula is C21H27N3O9. The Labute approximate surface area is 189 Å². The molecule has 0 fully saturated rings. The van der Waals surface area contributed by atoms with Gasteiger partial charge in [0, 0.05) is 37.5 Å². The summed E-state index contributed by atoms with van der Waals surface area (Å²) in [5.74, 6) is -3.65. The van der Waals surface area contributed by atoms with Crippen molar-refractivity contribution in [2.24, 2.45) is 17.2 Å². The van der Waals surface area contributed by atoms with Crippen LogP contribution in [0.5, 0.6) is 17.2 Å². The number of hydrogen-bond acceptors (Lipinski definition) is 12. The molecule has 0 aliphatic heterocycles. The third-order valence-electron chi connectivity index (χ3n) is 4.06. The summed E-state index contributed by atoms with van der Waals surface area (Å²) in [5.41, 5.74) is 15.6. The highest BCUT2D eigenvalue weighted by Crippen LogP contribution is 2.29. The van der Waals surface area contributed by atoms with Crippen LogP contribution in [0.25, 0.3) is 0 Å². The van der Waals surface area contributed by atoms with Crippen LogP contribution in [-0.4, -0.2) is 54.9 Å². The van der Waals surface area contributed by atoms with Crippen LogP contribution in [-0.2, 0) is 28.8 Å². The number of Topliss-reactive ketones (excluding diaryl/α,β-unsaturated/α-hetero) is 3. The zero-order chi connectivity index (χ0) is 24.8. The van der Waals surface area contributed by atoms with Gasteiger partial charge in [0.25, 0.3) is 0 Å². The van der Waals surface area contributed by atoms with E-state index in [1.54, 1.807) is 0 Å². The predicted octanol–water partition coefficient (Wildman–Crippen LogP) is -0.673. The van der Waals surface area contributed by atoms with Crippen molar-refractivity contribution in [3.63, 3.8) is 0 Å². The molecule has 33 heavy (non-hydrogen) atoms. The molecule has 0 atom stereocenters. The lowest BCUT2D eigenvalue weighted by atomic mass is 10.2. The minimum absolute atomic E-state index is 0.115. The van der Waals surface area contributed by atoms with E-state index >= 15 is 0 Å². The van der Waals surface area contributed by atoms with E-state index in [2.05, 4.69) is 0 Å². The van der Waals surface area contributed by atoms with Crippen molar-refractivity contribution in [1.82, 2.24) is 0 Å². The van der Waals surface area contributed by atoms with Gasteiger partial charge in [-0.25, -0.2) is 0 Å². The summed E-state index contributed by atoms with van der Waals surface area (Å²) in [6, 6.07) is 3.59. The highest BCUT2D eigenvalue weighted by Gasteiger charge is 2.16. The number of benzene rings is 1. The number of carbonyl (C=O) groups is 6. The van der Waals surface area contributed by atoms with Gasteiger partial charge in [0.15, 0.2) is 0 Å². The molecule has 0 bridgehead atoms. The Balaban J connectivity index is 2.94. The zero-order valence-electron chi connectivity index (χ0n) is 18.0. The Bertz CT molecular complexity index is 772. The second-order valence-electron chi connectivity index (χ2n) is 6.79. The summed E-state index contributed by atoms with van der Waals surface area (Å²) in [6.45, 7) is -0.631. The van der Waals surface area contributed by atoms with E-state index in [1.165, 1.54) is 18.2 Å². The third-order valence-corrected chi connectivity index (χ3v) is 4.06. The first kappa shape index (κ1) is 27.6. The van der Waals surface area contributed by atoms with Crippen LogP contribution in [0, 0.1) is 0 Å². The Morgan fingerprint density at radius 3 is 0.939 bits per heavy atom. The second kappa shape index (κ2) is 14.6. The first-order chi connectivity index (χ1) is 15.7. The molecule has 0 amide bonds. The fourth-order valence-electron chi connectivity index (χ4n) is 2.30. The van der Waals surface area contributed by atoms with Crippen LogP contribution in [0.1, 0.15) is 38.5 Å². The number of nitrogens with two attached hydrogens (primary N) is 3. The number of ether oxygens (including phenoxy) is 3. The Morgan fingerprint density at radius 2 is 0.727 bits per heavy atom. The highest BCUT2D eigenvalue weighted by molar-refractivity contribution is 5.86. The van der Waals surface area contributed by atoms with Gasteiger partial charge in [-0.3, -0.25) is 28.8 Å². The first-order valence-corrected chi connectivity index (χ1v) is 10.1. The SMILES string of the molecule is NCC(=O)CCC(=O)Oc1cc(OC(=O)CCC(=O)CN)cc(OC(=O)CCC(=O)CN)c1. The predicted molar refractivity (Wildman–Crippen MR) is 113 cm³/mol. The lowest BCUT2D eigenvalue weighted by molar-refractivity contribution is -0.136. The Hall–Kier alpha value is -3.48. The molecule has 180 valence electrons. The monoisotopic (exact) mass is 465 g/mol. The molecule has 0 aliphatic rings. The minimum Gasteiger partial charge on any atom is -0.426 e. The lowest BCUT2D eigenvalue weighted by Gasteiger charge is -2.11. The normalized spacial score (nSPS) is 10.3. The summed E-state index contributed by atoms with van der Waals surface area (Å²) in [6.07, 6.45) is -1.06. The zero-order valence-corrected chi connectivity index (χ0v) is 18.0. The maximum atomic E-state index is 12.0. The van der Waals surface area contributed by atoms with Gasteiger partial charge in [-0.1, -0.05) is 0 Å². The molecule has 0 saturated carbocycles. The highest BCUT2D eigenvalue weighted by atomic mass is 16.6. The maximum absolute atomic E-state index is 12.0. The van der Waals surface area contributed by atoms with E-state index in [9.17, 15) is 28.8 Å². The van der Waals surface area contributed by atoms with Gasteiger partial charge in [0.1, 0.15) is 34.6 Å². The Kier molecular flexibility index (Phi) is 12.2. The summed E-state index contributed by atoms with van der Waals surface area (Å²) < 4.78 is 15.4. The summed E-state index contributed by atoms with van der Waals surface area (Å²) >= 11 is 0. The molecule has 0 aromatic heterocycles. The van der Waals surface area contributed by atoms with Crippen LogP contribution in [0.2, 0.25) is 0 Å². The van der Waals surface area contributed by atoms with Crippen molar-refractivity contribution in [2.75, 3.05) is 19.6 Å². The average Bonchev–Trinajstić information content (AvgIpc) is 2.78. The molecule has 12 heteroatoms. The molecule has 12 nitrogen and oxygen atoms in total. The molecule has 0 saturated heterocycles. The fraction of sp³-hybridized carbons (Fsp3) is 0.429. The van der Waals surface area contributed by atoms with E-state index in [-0.39, 0.29) is 92.8 Å². The molecule has 1 aromatic carbocycles. The lowest BCUT2D eigenvalue weighted by Crippen LogP contribution is -2.18. The summed E-state index contributed by atoms with van der Waals surface area (Å²) in [5, 5.41) is 0. The minimum atomic E-state index is -0.764. The van der Waals surface area contributed by atoms with E-state index in [0.29, 0.717) is 0 Å². The smallest absolute Gasteiger partial charge is 0.311 e. The van der Waals surface area contributed by atoms with Crippen molar-refractivity contribution < 1.29 is 43.0 Å². The summed E-state index contributed by atoms with van der Waals surface area (Å²) in [7, 11) is 0. The number of ketones is 3. The Morgan fingerprint density at radius 1 is 0.485 bits per heavy atom.